The van der Waals surface area contributed by atoms with Gasteiger partial charge in [0.15, 0.2) is 0 Å². The molecule has 1 aliphatic rings. The maximum absolute atomic E-state index is 13.6. The molecule has 0 saturated heterocycles. The van der Waals surface area contributed by atoms with E-state index >= 15 is 0 Å². The molecule has 2 rings (SSSR count). The monoisotopic (exact) mass is 260 g/mol. The number of nitrogens with zero attached hydrogens (tertiary/aromatic N) is 1. The fourth-order valence-electron chi connectivity index (χ4n) is 2.52. The smallest absolute Gasteiger partial charge is 0.244 e. The van der Waals surface area contributed by atoms with Gasteiger partial charge in [-0.05, 0) is 37.5 Å². The molecule has 1 saturated carbocycles. The molecule has 0 radical (unpaired) electrons. The number of carbonyl (C=O) groups excluding carboxylic acids is 1. The average molecular weight is 260 g/mol. The molecule has 1 aromatic carbocycles. The lowest BCUT2D eigenvalue weighted by Crippen LogP contribution is -2.37. The third kappa shape index (κ3) is 2.76. The SMILES string of the molecule is Cc1ccc(F)c(NC(=O)C2(C#N)CCCCC2)c1. The molecule has 1 fully saturated rings. The van der Waals surface area contributed by atoms with Gasteiger partial charge in [0.2, 0.25) is 5.91 Å². The minimum absolute atomic E-state index is 0.158. The highest BCUT2D eigenvalue weighted by molar-refractivity contribution is 5.97. The molecule has 0 spiro atoms. The van der Waals surface area contributed by atoms with Gasteiger partial charge in [-0.1, -0.05) is 25.3 Å². The number of benzene rings is 1. The van der Waals surface area contributed by atoms with Crippen LogP contribution < -0.4 is 5.32 Å². The zero-order valence-electron chi connectivity index (χ0n) is 11.0. The Balaban J connectivity index is 2.20. The van der Waals surface area contributed by atoms with Gasteiger partial charge in [0, 0.05) is 0 Å². The average Bonchev–Trinajstić information content (AvgIpc) is 2.43. The summed E-state index contributed by atoms with van der Waals surface area (Å²) in [6.07, 6.45) is 3.91. The topological polar surface area (TPSA) is 52.9 Å². The van der Waals surface area contributed by atoms with E-state index in [2.05, 4.69) is 11.4 Å². The van der Waals surface area contributed by atoms with E-state index in [1.165, 1.54) is 6.07 Å². The molecule has 3 nitrogen and oxygen atoms in total. The van der Waals surface area contributed by atoms with Crippen LogP contribution in [0.2, 0.25) is 0 Å². The van der Waals surface area contributed by atoms with Crippen molar-refractivity contribution in [2.24, 2.45) is 5.41 Å². The van der Waals surface area contributed by atoms with Crippen molar-refractivity contribution < 1.29 is 9.18 Å². The summed E-state index contributed by atoms with van der Waals surface area (Å²) < 4.78 is 13.6. The van der Waals surface area contributed by atoms with E-state index < -0.39 is 11.2 Å². The number of hydrogen-bond donors (Lipinski definition) is 1. The fourth-order valence-corrected chi connectivity index (χ4v) is 2.52. The van der Waals surface area contributed by atoms with E-state index in [1.807, 2.05) is 6.92 Å². The minimum Gasteiger partial charge on any atom is -0.322 e. The highest BCUT2D eigenvalue weighted by atomic mass is 19.1. The number of aryl methyl sites for hydroxylation is 1. The molecule has 1 amide bonds. The van der Waals surface area contributed by atoms with Crippen LogP contribution in [0.15, 0.2) is 18.2 Å². The summed E-state index contributed by atoms with van der Waals surface area (Å²) in [4.78, 5) is 12.3. The van der Waals surface area contributed by atoms with Crippen molar-refractivity contribution in [2.45, 2.75) is 39.0 Å². The van der Waals surface area contributed by atoms with Crippen molar-refractivity contribution >= 4 is 11.6 Å². The molecule has 0 aliphatic heterocycles. The van der Waals surface area contributed by atoms with Gasteiger partial charge >= 0.3 is 0 Å². The second-order valence-corrected chi connectivity index (χ2v) is 5.19. The predicted molar refractivity (Wildman–Crippen MR) is 70.9 cm³/mol. The minimum atomic E-state index is -0.992. The number of anilines is 1. The summed E-state index contributed by atoms with van der Waals surface area (Å²) in [6, 6.07) is 6.69. The van der Waals surface area contributed by atoms with Gasteiger partial charge in [-0.25, -0.2) is 4.39 Å². The van der Waals surface area contributed by atoms with Crippen LogP contribution >= 0.6 is 0 Å². The molecule has 0 heterocycles. The first-order chi connectivity index (χ1) is 9.07. The summed E-state index contributed by atoms with van der Waals surface area (Å²) in [6.45, 7) is 1.83. The summed E-state index contributed by atoms with van der Waals surface area (Å²) in [5.74, 6) is -0.845. The maximum Gasteiger partial charge on any atom is 0.244 e. The third-order valence-corrected chi connectivity index (χ3v) is 3.73. The third-order valence-electron chi connectivity index (χ3n) is 3.73. The van der Waals surface area contributed by atoms with Gasteiger partial charge in [-0.15, -0.1) is 0 Å². The molecule has 19 heavy (non-hydrogen) atoms. The molecular formula is C15H17FN2O. The Hall–Kier alpha value is -1.89. The normalized spacial score (nSPS) is 17.5. The number of carbonyl (C=O) groups is 1. The molecule has 1 aromatic rings. The lowest BCUT2D eigenvalue weighted by Gasteiger charge is -2.29. The van der Waals surface area contributed by atoms with Crippen molar-refractivity contribution in [3.05, 3.63) is 29.6 Å². The zero-order valence-corrected chi connectivity index (χ0v) is 11.0. The molecule has 0 atom stereocenters. The molecule has 4 heteroatoms. The van der Waals surface area contributed by atoms with E-state index in [-0.39, 0.29) is 11.6 Å². The van der Waals surface area contributed by atoms with Crippen LogP contribution in [0.5, 0.6) is 0 Å². The second kappa shape index (κ2) is 5.40. The molecule has 0 bridgehead atoms. The van der Waals surface area contributed by atoms with Crippen molar-refractivity contribution in [1.82, 2.24) is 0 Å². The first kappa shape index (κ1) is 13.5. The van der Waals surface area contributed by atoms with Crippen molar-refractivity contribution in [3.8, 4) is 6.07 Å². The Labute approximate surface area is 112 Å². The van der Waals surface area contributed by atoms with Crippen LogP contribution in [-0.2, 0) is 4.79 Å². The molecule has 1 N–H and O–H groups in total. The van der Waals surface area contributed by atoms with Gasteiger partial charge in [-0.3, -0.25) is 4.79 Å². The number of hydrogen-bond acceptors (Lipinski definition) is 2. The van der Waals surface area contributed by atoms with E-state index in [0.717, 1.165) is 24.8 Å². The standard InChI is InChI=1S/C15H17FN2O/c1-11-5-6-12(16)13(9-11)18-14(19)15(10-17)7-3-2-4-8-15/h5-6,9H,2-4,7-8H2,1H3,(H,18,19). The van der Waals surface area contributed by atoms with Gasteiger partial charge in [0.25, 0.3) is 0 Å². The number of nitrogens with one attached hydrogen (secondary N) is 1. The largest absolute Gasteiger partial charge is 0.322 e. The molecule has 0 unspecified atom stereocenters. The Bertz CT molecular complexity index is 527. The molecule has 0 aromatic heterocycles. The van der Waals surface area contributed by atoms with Crippen LogP contribution in [0.1, 0.15) is 37.7 Å². The summed E-state index contributed by atoms with van der Waals surface area (Å²) in [7, 11) is 0. The van der Waals surface area contributed by atoms with Crippen LogP contribution in [0, 0.1) is 29.5 Å². The Morgan fingerprint density at radius 2 is 2.05 bits per heavy atom. The second-order valence-electron chi connectivity index (χ2n) is 5.19. The van der Waals surface area contributed by atoms with Crippen LogP contribution in [0.4, 0.5) is 10.1 Å². The Morgan fingerprint density at radius 3 is 2.68 bits per heavy atom. The lowest BCUT2D eigenvalue weighted by molar-refractivity contribution is -0.124. The zero-order chi connectivity index (χ0) is 13.9. The number of halogens is 1. The van der Waals surface area contributed by atoms with Gasteiger partial charge < -0.3 is 5.32 Å². The Morgan fingerprint density at radius 1 is 1.37 bits per heavy atom. The van der Waals surface area contributed by atoms with E-state index in [1.54, 1.807) is 12.1 Å². The lowest BCUT2D eigenvalue weighted by atomic mass is 9.74. The summed E-state index contributed by atoms with van der Waals surface area (Å²) in [5, 5.41) is 11.9. The highest BCUT2D eigenvalue weighted by Crippen LogP contribution is 2.37. The van der Waals surface area contributed by atoms with Crippen LogP contribution in [-0.4, -0.2) is 5.91 Å². The van der Waals surface area contributed by atoms with Gasteiger partial charge in [-0.2, -0.15) is 5.26 Å². The molecular weight excluding hydrogens is 243 g/mol. The van der Waals surface area contributed by atoms with E-state index in [0.29, 0.717) is 12.8 Å². The number of rotatable bonds is 2. The fraction of sp³-hybridized carbons (Fsp3) is 0.467. The highest BCUT2D eigenvalue weighted by Gasteiger charge is 2.40. The predicted octanol–water partition coefficient (Wildman–Crippen LogP) is 3.55. The van der Waals surface area contributed by atoms with Gasteiger partial charge in [0.05, 0.1) is 11.8 Å². The first-order valence-electron chi connectivity index (χ1n) is 6.56. The summed E-state index contributed by atoms with van der Waals surface area (Å²) in [5.41, 5.74) is 0.0330. The molecule has 1 aliphatic carbocycles. The van der Waals surface area contributed by atoms with Crippen molar-refractivity contribution in [1.29, 1.82) is 5.26 Å². The Kier molecular flexibility index (Phi) is 3.84. The van der Waals surface area contributed by atoms with Crippen molar-refractivity contribution in [2.75, 3.05) is 5.32 Å². The van der Waals surface area contributed by atoms with Crippen molar-refractivity contribution in [3.63, 3.8) is 0 Å². The number of amides is 1. The first-order valence-corrected chi connectivity index (χ1v) is 6.56. The maximum atomic E-state index is 13.6. The van der Waals surface area contributed by atoms with E-state index in [4.69, 9.17) is 0 Å². The summed E-state index contributed by atoms with van der Waals surface area (Å²) >= 11 is 0. The quantitative estimate of drug-likeness (QED) is 0.884. The van der Waals surface area contributed by atoms with E-state index in [9.17, 15) is 14.4 Å². The van der Waals surface area contributed by atoms with Crippen LogP contribution in [0.25, 0.3) is 0 Å². The number of nitriles is 1. The van der Waals surface area contributed by atoms with Crippen LogP contribution in [0.3, 0.4) is 0 Å². The molecule has 100 valence electrons. The van der Waals surface area contributed by atoms with Gasteiger partial charge in [0.1, 0.15) is 11.2 Å².